The van der Waals surface area contributed by atoms with Gasteiger partial charge >= 0.3 is 0 Å². The lowest BCUT2D eigenvalue weighted by molar-refractivity contribution is -0.403. The highest BCUT2D eigenvalue weighted by Gasteiger charge is 2.21. The van der Waals surface area contributed by atoms with E-state index in [2.05, 4.69) is 4.74 Å². The summed E-state index contributed by atoms with van der Waals surface area (Å²) < 4.78 is 14.8. The Kier molecular flexibility index (Phi) is 3.10. The Labute approximate surface area is 82.0 Å². The van der Waals surface area contributed by atoms with Crippen LogP contribution in [0.5, 0.6) is 0 Å². The minimum atomic E-state index is -1.17. The maximum Gasteiger partial charge on any atom is 0.273 e. The summed E-state index contributed by atoms with van der Waals surface area (Å²) in [6.07, 6.45) is 0.183. The van der Waals surface area contributed by atoms with Crippen LogP contribution in [0.25, 0.3) is 0 Å². The number of ether oxygens (including phenoxy) is 3. The molecule has 0 aliphatic carbocycles. The van der Waals surface area contributed by atoms with E-state index in [0.717, 1.165) is 5.56 Å². The molecule has 1 aromatic rings. The van der Waals surface area contributed by atoms with Crippen molar-refractivity contribution >= 4 is 0 Å². The molecule has 2 rings (SSSR count). The molecule has 4 nitrogen and oxygen atoms in total. The largest absolute Gasteiger partial charge is 0.346 e. The van der Waals surface area contributed by atoms with Gasteiger partial charge in [0.1, 0.15) is 0 Å². The van der Waals surface area contributed by atoms with Gasteiger partial charge in [-0.15, -0.1) is 0 Å². The monoisotopic (exact) mass is 196 g/mol. The molecule has 1 aliphatic heterocycles. The van der Waals surface area contributed by atoms with Crippen LogP contribution in [-0.4, -0.2) is 24.7 Å². The summed E-state index contributed by atoms with van der Waals surface area (Å²) in [6, 6.07) is 9.81. The second kappa shape index (κ2) is 4.52. The molecule has 0 aromatic heterocycles. The smallest absolute Gasteiger partial charge is 0.273 e. The summed E-state index contributed by atoms with van der Waals surface area (Å²) in [5.74, 6) is 0. The number of hydrogen-bond acceptors (Lipinski definition) is 4. The fraction of sp³-hybridized carbons (Fsp3) is 0.400. The summed E-state index contributed by atoms with van der Waals surface area (Å²) in [5, 5.41) is 9.03. The maximum absolute atomic E-state index is 9.03. The van der Waals surface area contributed by atoms with Crippen molar-refractivity contribution in [3.63, 3.8) is 0 Å². The number of hydrogen-bond donors (Lipinski definition) is 1. The standard InChI is InChI=1S/C10H12O4/c11-10-13-7-12-9(14-10)6-8-4-2-1-3-5-8/h1-5,9-11H,6-7H2/t9-,10?/m0/s1. The van der Waals surface area contributed by atoms with Crippen molar-refractivity contribution in [1.29, 1.82) is 0 Å². The second-order valence-electron chi connectivity index (χ2n) is 3.01. The third-order valence-corrected chi connectivity index (χ3v) is 1.98. The van der Waals surface area contributed by atoms with Crippen LogP contribution in [0.2, 0.25) is 0 Å². The average Bonchev–Trinajstić information content (AvgIpc) is 2.19. The Morgan fingerprint density at radius 1 is 1.21 bits per heavy atom. The van der Waals surface area contributed by atoms with Gasteiger partial charge in [-0.3, -0.25) is 4.74 Å². The van der Waals surface area contributed by atoms with E-state index in [1.54, 1.807) is 0 Å². The molecule has 1 unspecified atom stereocenters. The molecular weight excluding hydrogens is 184 g/mol. The van der Waals surface area contributed by atoms with Gasteiger partial charge in [-0.2, -0.15) is 0 Å². The lowest BCUT2D eigenvalue weighted by Gasteiger charge is -2.26. The molecule has 1 saturated heterocycles. The highest BCUT2D eigenvalue weighted by molar-refractivity contribution is 5.15. The fourth-order valence-electron chi connectivity index (χ4n) is 1.30. The zero-order valence-corrected chi connectivity index (χ0v) is 7.63. The first-order valence-corrected chi connectivity index (χ1v) is 4.45. The van der Waals surface area contributed by atoms with Crippen molar-refractivity contribution in [2.45, 2.75) is 19.2 Å². The van der Waals surface area contributed by atoms with E-state index < -0.39 is 12.8 Å². The maximum atomic E-state index is 9.03. The first-order chi connectivity index (χ1) is 6.84. The van der Waals surface area contributed by atoms with Crippen LogP contribution in [0.4, 0.5) is 0 Å². The Morgan fingerprint density at radius 3 is 2.71 bits per heavy atom. The molecule has 4 heteroatoms. The van der Waals surface area contributed by atoms with Crippen molar-refractivity contribution in [2.75, 3.05) is 6.79 Å². The average molecular weight is 196 g/mol. The van der Waals surface area contributed by atoms with Crippen LogP contribution in [0.1, 0.15) is 5.56 Å². The third kappa shape index (κ3) is 2.52. The molecule has 1 fully saturated rings. The Bertz CT molecular complexity index is 275. The minimum Gasteiger partial charge on any atom is -0.346 e. The summed E-state index contributed by atoms with van der Waals surface area (Å²) in [6.45, 7) is -1.10. The molecule has 14 heavy (non-hydrogen) atoms. The Morgan fingerprint density at radius 2 is 2.00 bits per heavy atom. The summed E-state index contributed by atoms with van der Waals surface area (Å²) in [7, 11) is 0. The number of aliphatic hydroxyl groups is 1. The summed E-state index contributed by atoms with van der Waals surface area (Å²) in [4.78, 5) is 0. The number of benzene rings is 1. The minimum absolute atomic E-state index is 0.0681. The molecule has 76 valence electrons. The van der Waals surface area contributed by atoms with E-state index in [1.165, 1.54) is 0 Å². The van der Waals surface area contributed by atoms with Gasteiger partial charge in [0.25, 0.3) is 6.48 Å². The lowest BCUT2D eigenvalue weighted by atomic mass is 10.1. The van der Waals surface area contributed by atoms with E-state index in [0.29, 0.717) is 6.42 Å². The quantitative estimate of drug-likeness (QED) is 0.761. The molecule has 0 amide bonds. The van der Waals surface area contributed by atoms with E-state index >= 15 is 0 Å². The molecule has 1 aliphatic rings. The topological polar surface area (TPSA) is 47.9 Å². The van der Waals surface area contributed by atoms with Gasteiger partial charge in [-0.1, -0.05) is 30.3 Å². The van der Waals surface area contributed by atoms with E-state index in [9.17, 15) is 0 Å². The van der Waals surface area contributed by atoms with Crippen molar-refractivity contribution in [1.82, 2.24) is 0 Å². The van der Waals surface area contributed by atoms with Crippen molar-refractivity contribution in [2.24, 2.45) is 0 Å². The Hall–Kier alpha value is -0.940. The normalized spacial score (nSPS) is 27.5. The number of rotatable bonds is 2. The van der Waals surface area contributed by atoms with Crippen LogP contribution in [0, 0.1) is 0 Å². The van der Waals surface area contributed by atoms with Gasteiger partial charge in [-0.25, -0.2) is 0 Å². The molecule has 2 atom stereocenters. The summed E-state index contributed by atoms with van der Waals surface area (Å²) >= 11 is 0. The van der Waals surface area contributed by atoms with Gasteiger partial charge in [0.2, 0.25) is 0 Å². The summed E-state index contributed by atoms with van der Waals surface area (Å²) in [5.41, 5.74) is 1.10. The molecule has 0 radical (unpaired) electrons. The van der Waals surface area contributed by atoms with Crippen LogP contribution in [0.3, 0.4) is 0 Å². The predicted molar refractivity (Wildman–Crippen MR) is 48.1 cm³/mol. The zero-order chi connectivity index (χ0) is 9.80. The van der Waals surface area contributed by atoms with Crippen LogP contribution < -0.4 is 0 Å². The lowest BCUT2D eigenvalue weighted by Crippen LogP contribution is -2.35. The van der Waals surface area contributed by atoms with Gasteiger partial charge in [-0.05, 0) is 5.56 Å². The van der Waals surface area contributed by atoms with Crippen LogP contribution in [-0.2, 0) is 20.6 Å². The van der Waals surface area contributed by atoms with E-state index in [4.69, 9.17) is 14.6 Å². The first kappa shape index (κ1) is 9.61. The van der Waals surface area contributed by atoms with Crippen molar-refractivity contribution < 1.29 is 19.3 Å². The highest BCUT2D eigenvalue weighted by atomic mass is 16.9. The van der Waals surface area contributed by atoms with E-state index in [-0.39, 0.29) is 6.79 Å². The van der Waals surface area contributed by atoms with Gasteiger partial charge < -0.3 is 14.6 Å². The molecule has 0 spiro atoms. The predicted octanol–water partition coefficient (Wildman–Crippen LogP) is 0.852. The Balaban J connectivity index is 1.91. The molecular formula is C10H12O4. The molecule has 1 aromatic carbocycles. The second-order valence-corrected chi connectivity index (χ2v) is 3.01. The van der Waals surface area contributed by atoms with Crippen LogP contribution in [0.15, 0.2) is 30.3 Å². The molecule has 1 heterocycles. The fourth-order valence-corrected chi connectivity index (χ4v) is 1.30. The molecule has 0 bridgehead atoms. The molecule has 0 saturated carbocycles. The van der Waals surface area contributed by atoms with Crippen molar-refractivity contribution in [3.8, 4) is 0 Å². The van der Waals surface area contributed by atoms with E-state index in [1.807, 2.05) is 30.3 Å². The molecule has 1 N–H and O–H groups in total. The number of aliphatic hydroxyl groups excluding tert-OH is 1. The SMILES string of the molecule is OC1OCO[C@H](Cc2ccccc2)O1. The highest BCUT2D eigenvalue weighted by Crippen LogP contribution is 2.13. The van der Waals surface area contributed by atoms with Gasteiger partial charge in [0.15, 0.2) is 13.1 Å². The van der Waals surface area contributed by atoms with Crippen LogP contribution >= 0.6 is 0 Å². The first-order valence-electron chi connectivity index (χ1n) is 4.45. The zero-order valence-electron chi connectivity index (χ0n) is 7.63. The van der Waals surface area contributed by atoms with Crippen molar-refractivity contribution in [3.05, 3.63) is 35.9 Å². The third-order valence-electron chi connectivity index (χ3n) is 1.98. The van der Waals surface area contributed by atoms with Gasteiger partial charge in [0, 0.05) is 6.42 Å². The van der Waals surface area contributed by atoms with Gasteiger partial charge in [0.05, 0.1) is 0 Å².